The number of hydrogen-bond acceptors (Lipinski definition) is 7. The normalized spacial score (nSPS) is 18.7. The lowest BCUT2D eigenvalue weighted by Crippen LogP contribution is -2.63. The molecule has 1 rings (SSSR count). The number of carbonyl (C=O) groups is 4. The zero-order valence-electron chi connectivity index (χ0n) is 15.7. The minimum absolute atomic E-state index is 0.0179. The maximum absolute atomic E-state index is 12.6. The highest BCUT2D eigenvalue weighted by atomic mass is 16.6. The highest BCUT2D eigenvalue weighted by Crippen LogP contribution is 2.25. The molecule has 142 valence electrons. The van der Waals surface area contributed by atoms with Crippen molar-refractivity contribution in [2.24, 2.45) is 0 Å². The van der Waals surface area contributed by atoms with Crippen LogP contribution in [0.5, 0.6) is 0 Å². The quantitative estimate of drug-likeness (QED) is 0.523. The number of ether oxygens (including phenoxy) is 3. The molecule has 0 saturated carbocycles. The van der Waals surface area contributed by atoms with Crippen molar-refractivity contribution in [1.82, 2.24) is 10.0 Å². The van der Waals surface area contributed by atoms with Gasteiger partial charge in [-0.25, -0.2) is 14.4 Å². The van der Waals surface area contributed by atoms with E-state index in [0.29, 0.717) is 10.0 Å². The number of rotatable bonds is 1. The second-order valence-electron chi connectivity index (χ2n) is 7.59. The first-order valence-electron chi connectivity index (χ1n) is 7.92. The lowest BCUT2D eigenvalue weighted by atomic mass is 10.1. The molecule has 0 spiro atoms. The first kappa shape index (κ1) is 20.7. The van der Waals surface area contributed by atoms with E-state index in [-0.39, 0.29) is 12.8 Å². The monoisotopic (exact) mass is 358 g/mol. The van der Waals surface area contributed by atoms with E-state index >= 15 is 0 Å². The maximum Gasteiger partial charge on any atom is 0.436 e. The molecule has 0 aromatic rings. The fraction of sp³-hybridized carbons (Fsp3) is 0.750. The van der Waals surface area contributed by atoms with Crippen LogP contribution in [0.15, 0.2) is 0 Å². The smallest absolute Gasteiger partial charge is 0.436 e. The van der Waals surface area contributed by atoms with Gasteiger partial charge in [0.2, 0.25) is 0 Å². The van der Waals surface area contributed by atoms with Gasteiger partial charge in [0.25, 0.3) is 5.91 Å². The van der Waals surface area contributed by atoms with Crippen molar-refractivity contribution in [3.05, 3.63) is 0 Å². The van der Waals surface area contributed by atoms with Gasteiger partial charge in [-0.15, -0.1) is 5.01 Å². The van der Waals surface area contributed by atoms with Gasteiger partial charge in [-0.05, 0) is 48.0 Å². The molecule has 3 amide bonds. The molecule has 0 aliphatic carbocycles. The summed E-state index contributed by atoms with van der Waals surface area (Å²) in [7, 11) is 1.16. The molecular weight excluding hydrogens is 332 g/mol. The Morgan fingerprint density at radius 3 is 1.88 bits per heavy atom. The average molecular weight is 358 g/mol. The topological polar surface area (TPSA) is 102 Å². The Kier molecular flexibility index (Phi) is 6.04. The average Bonchev–Trinajstić information content (AvgIpc) is 2.42. The molecule has 0 bridgehead atoms. The van der Waals surface area contributed by atoms with Crippen molar-refractivity contribution in [3.63, 3.8) is 0 Å². The molecule has 1 heterocycles. The van der Waals surface area contributed by atoms with E-state index < -0.39 is 41.3 Å². The summed E-state index contributed by atoms with van der Waals surface area (Å²) in [6, 6.07) is -1.16. The molecule has 1 saturated heterocycles. The fourth-order valence-corrected chi connectivity index (χ4v) is 2.11. The Morgan fingerprint density at radius 2 is 1.44 bits per heavy atom. The number of imide groups is 1. The highest BCUT2D eigenvalue weighted by Gasteiger charge is 2.47. The van der Waals surface area contributed by atoms with Crippen LogP contribution in [0.25, 0.3) is 0 Å². The predicted molar refractivity (Wildman–Crippen MR) is 86.2 cm³/mol. The summed E-state index contributed by atoms with van der Waals surface area (Å²) < 4.78 is 15.1. The Morgan fingerprint density at radius 1 is 0.960 bits per heavy atom. The second kappa shape index (κ2) is 7.28. The third-order valence-electron chi connectivity index (χ3n) is 3.00. The zero-order chi connectivity index (χ0) is 19.6. The van der Waals surface area contributed by atoms with E-state index in [1.807, 2.05) is 0 Å². The molecule has 0 aromatic carbocycles. The van der Waals surface area contributed by atoms with E-state index in [9.17, 15) is 19.2 Å². The van der Waals surface area contributed by atoms with Crippen molar-refractivity contribution in [1.29, 1.82) is 0 Å². The molecule has 1 atom stereocenters. The van der Waals surface area contributed by atoms with Crippen LogP contribution in [0, 0.1) is 0 Å². The van der Waals surface area contributed by atoms with Crippen LogP contribution in [0.3, 0.4) is 0 Å². The zero-order valence-corrected chi connectivity index (χ0v) is 15.7. The summed E-state index contributed by atoms with van der Waals surface area (Å²) in [4.78, 5) is 49.3. The Labute approximate surface area is 147 Å². The van der Waals surface area contributed by atoms with Gasteiger partial charge in [-0.2, -0.15) is 5.01 Å². The van der Waals surface area contributed by atoms with Gasteiger partial charge in [0.1, 0.15) is 11.2 Å². The highest BCUT2D eigenvalue weighted by molar-refractivity contribution is 5.96. The lowest BCUT2D eigenvalue weighted by Gasteiger charge is -2.41. The fourth-order valence-electron chi connectivity index (χ4n) is 2.11. The van der Waals surface area contributed by atoms with E-state index in [0.717, 1.165) is 7.11 Å². The second-order valence-corrected chi connectivity index (χ2v) is 7.59. The maximum atomic E-state index is 12.6. The number of carbonyl (C=O) groups excluding carboxylic acids is 4. The summed E-state index contributed by atoms with van der Waals surface area (Å²) in [6.07, 6.45) is -2.17. The Balaban J connectivity index is 3.25. The summed E-state index contributed by atoms with van der Waals surface area (Å²) in [5, 5.41) is 1.20. The number of hydrazine groups is 1. The summed E-state index contributed by atoms with van der Waals surface area (Å²) in [5.74, 6) is -1.42. The molecule has 0 N–H and O–H groups in total. The van der Waals surface area contributed by atoms with Crippen molar-refractivity contribution >= 4 is 24.1 Å². The van der Waals surface area contributed by atoms with E-state index in [2.05, 4.69) is 4.74 Å². The van der Waals surface area contributed by atoms with Crippen LogP contribution in [-0.4, -0.2) is 58.4 Å². The van der Waals surface area contributed by atoms with E-state index in [1.165, 1.54) is 0 Å². The SMILES string of the molecule is COC(=O)C1CCC(=O)N(C(=O)OC(C)(C)C)N1C(=O)OC(C)(C)C. The van der Waals surface area contributed by atoms with Crippen LogP contribution in [0.2, 0.25) is 0 Å². The van der Waals surface area contributed by atoms with Gasteiger partial charge in [-0.3, -0.25) is 4.79 Å². The molecule has 9 heteroatoms. The number of nitrogens with zero attached hydrogens (tertiary/aromatic N) is 2. The molecule has 1 aliphatic heterocycles. The summed E-state index contributed by atoms with van der Waals surface area (Å²) in [6.45, 7) is 9.74. The third-order valence-corrected chi connectivity index (χ3v) is 3.00. The van der Waals surface area contributed by atoms with Crippen LogP contribution in [0.4, 0.5) is 9.59 Å². The van der Waals surface area contributed by atoms with Crippen molar-refractivity contribution in [2.45, 2.75) is 71.6 Å². The number of amides is 3. The van der Waals surface area contributed by atoms with Gasteiger partial charge in [0, 0.05) is 6.42 Å². The van der Waals surface area contributed by atoms with Gasteiger partial charge in [0.05, 0.1) is 7.11 Å². The number of methoxy groups -OCH3 is 1. The van der Waals surface area contributed by atoms with Crippen molar-refractivity contribution < 1.29 is 33.4 Å². The first-order valence-corrected chi connectivity index (χ1v) is 7.92. The third kappa shape index (κ3) is 5.61. The van der Waals surface area contributed by atoms with Crippen LogP contribution >= 0.6 is 0 Å². The van der Waals surface area contributed by atoms with Crippen LogP contribution < -0.4 is 0 Å². The minimum atomic E-state index is -1.16. The standard InChI is InChI=1S/C16H26N2O7/c1-15(2,3)24-13(21)17-10(12(20)23-7)8-9-11(19)18(17)14(22)25-16(4,5)6/h10H,8-9H2,1-7H3. The van der Waals surface area contributed by atoms with Crippen molar-refractivity contribution in [3.8, 4) is 0 Å². The van der Waals surface area contributed by atoms with Gasteiger partial charge < -0.3 is 14.2 Å². The molecule has 25 heavy (non-hydrogen) atoms. The van der Waals surface area contributed by atoms with E-state index in [1.54, 1.807) is 41.5 Å². The number of esters is 1. The molecule has 1 unspecified atom stereocenters. The Hall–Kier alpha value is -2.32. The molecule has 9 nitrogen and oxygen atoms in total. The van der Waals surface area contributed by atoms with Crippen LogP contribution in [0.1, 0.15) is 54.4 Å². The molecule has 1 aliphatic rings. The van der Waals surface area contributed by atoms with Crippen molar-refractivity contribution in [2.75, 3.05) is 7.11 Å². The summed E-state index contributed by atoms with van der Waals surface area (Å²) >= 11 is 0. The summed E-state index contributed by atoms with van der Waals surface area (Å²) in [5.41, 5.74) is -1.78. The minimum Gasteiger partial charge on any atom is -0.467 e. The predicted octanol–water partition coefficient (Wildman–Crippen LogP) is 2.24. The van der Waals surface area contributed by atoms with Gasteiger partial charge in [0.15, 0.2) is 6.04 Å². The molecule has 0 radical (unpaired) electrons. The Bertz CT molecular complexity index is 560. The van der Waals surface area contributed by atoms with E-state index in [4.69, 9.17) is 9.47 Å². The molecule has 1 fully saturated rings. The molecular formula is C16H26N2O7. The van der Waals surface area contributed by atoms with Crippen LogP contribution in [-0.2, 0) is 23.8 Å². The largest absolute Gasteiger partial charge is 0.467 e. The lowest BCUT2D eigenvalue weighted by molar-refractivity contribution is -0.169. The molecule has 0 aromatic heterocycles. The first-order chi connectivity index (χ1) is 11.3. The number of hydrogen-bond donors (Lipinski definition) is 0. The van der Waals surface area contributed by atoms with Gasteiger partial charge in [-0.1, -0.05) is 0 Å². The van der Waals surface area contributed by atoms with Gasteiger partial charge >= 0.3 is 18.2 Å².